The summed E-state index contributed by atoms with van der Waals surface area (Å²) in [6.07, 6.45) is 2.51. The number of sulfonamides is 1. The van der Waals surface area contributed by atoms with Gasteiger partial charge in [0, 0.05) is 4.47 Å². The first-order valence-corrected chi connectivity index (χ1v) is 10.7. The number of halogens is 1. The number of hydrogen-bond donors (Lipinski definition) is 1. The molecule has 0 bridgehead atoms. The number of nitrogens with one attached hydrogen (secondary N) is 1. The summed E-state index contributed by atoms with van der Waals surface area (Å²) in [7, 11) is -3.70. The van der Waals surface area contributed by atoms with Crippen LogP contribution in [0.3, 0.4) is 0 Å². The molecule has 0 atom stereocenters. The van der Waals surface area contributed by atoms with Gasteiger partial charge in [0.2, 0.25) is 10.0 Å². The maximum atomic E-state index is 12.2. The van der Waals surface area contributed by atoms with Crippen molar-refractivity contribution in [3.05, 3.63) is 58.6 Å². The highest BCUT2D eigenvalue weighted by Crippen LogP contribution is 2.29. The van der Waals surface area contributed by atoms with Crippen molar-refractivity contribution in [2.24, 2.45) is 5.10 Å². The molecule has 0 radical (unpaired) electrons. The minimum Gasteiger partial charge on any atom is -0.492 e. The Kier molecular flexibility index (Phi) is 7.37. The van der Waals surface area contributed by atoms with Crippen molar-refractivity contribution in [2.75, 3.05) is 23.7 Å². The number of amides is 1. The molecule has 1 amide bonds. The highest BCUT2D eigenvalue weighted by molar-refractivity contribution is 9.10. The topological polar surface area (TPSA) is 88.1 Å². The summed E-state index contributed by atoms with van der Waals surface area (Å²) in [5.41, 5.74) is 3.43. The Morgan fingerprint density at radius 3 is 2.52 bits per heavy atom. The van der Waals surface area contributed by atoms with Gasteiger partial charge < -0.3 is 4.74 Å². The molecule has 2 rings (SSSR count). The summed E-state index contributed by atoms with van der Waals surface area (Å²) in [5.74, 6) is -0.184. The van der Waals surface area contributed by atoms with E-state index in [0.29, 0.717) is 18.0 Å². The summed E-state index contributed by atoms with van der Waals surface area (Å²) in [5, 5.41) is 3.87. The molecule has 0 saturated heterocycles. The number of hydrogen-bond acceptors (Lipinski definition) is 5. The Labute approximate surface area is 167 Å². The highest BCUT2D eigenvalue weighted by atomic mass is 79.9. The summed E-state index contributed by atoms with van der Waals surface area (Å²) < 4.78 is 31.8. The number of nitrogens with zero attached hydrogens (tertiary/aromatic N) is 2. The van der Waals surface area contributed by atoms with Crippen LogP contribution in [0.4, 0.5) is 5.69 Å². The monoisotopic (exact) mass is 453 g/mol. The summed E-state index contributed by atoms with van der Waals surface area (Å²) >= 11 is 3.33. The smallest absolute Gasteiger partial charge is 0.260 e. The third kappa shape index (κ3) is 6.37. The summed E-state index contributed by atoms with van der Waals surface area (Å²) in [6.45, 7) is 1.75. The molecular weight excluding hydrogens is 434 g/mol. The molecule has 1 N–H and O–H groups in total. The Morgan fingerprint density at radius 2 is 1.89 bits per heavy atom. The Bertz CT molecular complexity index is 914. The maximum Gasteiger partial charge on any atom is 0.260 e. The van der Waals surface area contributed by atoms with E-state index in [2.05, 4.69) is 26.5 Å². The van der Waals surface area contributed by atoms with Crippen LogP contribution in [0.1, 0.15) is 12.5 Å². The van der Waals surface area contributed by atoms with Crippen LogP contribution in [-0.4, -0.2) is 39.9 Å². The fourth-order valence-electron chi connectivity index (χ4n) is 2.22. The lowest BCUT2D eigenvalue weighted by molar-refractivity contribution is -0.119. The third-order valence-corrected chi connectivity index (χ3v) is 5.05. The van der Waals surface area contributed by atoms with Crippen molar-refractivity contribution in [1.82, 2.24) is 5.43 Å². The molecule has 27 heavy (non-hydrogen) atoms. The van der Waals surface area contributed by atoms with E-state index in [4.69, 9.17) is 4.74 Å². The molecule has 7 nitrogen and oxygen atoms in total. The lowest BCUT2D eigenvalue weighted by Gasteiger charge is -2.23. The van der Waals surface area contributed by atoms with E-state index in [1.165, 1.54) is 6.21 Å². The van der Waals surface area contributed by atoms with Crippen molar-refractivity contribution < 1.29 is 17.9 Å². The number of hydrazone groups is 1. The lowest BCUT2D eigenvalue weighted by Crippen LogP contribution is -2.39. The number of rotatable bonds is 8. The van der Waals surface area contributed by atoms with Crippen LogP contribution in [0.15, 0.2) is 58.1 Å². The fraction of sp³-hybridized carbons (Fsp3) is 0.222. The molecule has 0 aliphatic rings. The van der Waals surface area contributed by atoms with E-state index >= 15 is 0 Å². The molecule has 0 spiro atoms. The lowest BCUT2D eigenvalue weighted by atomic mass is 10.2. The van der Waals surface area contributed by atoms with Crippen LogP contribution in [-0.2, 0) is 14.8 Å². The quantitative estimate of drug-likeness (QED) is 0.491. The van der Waals surface area contributed by atoms with Crippen LogP contribution in [0.25, 0.3) is 0 Å². The predicted octanol–water partition coefficient (Wildman–Crippen LogP) is 2.76. The molecule has 2 aromatic carbocycles. The molecule has 9 heteroatoms. The zero-order valence-corrected chi connectivity index (χ0v) is 17.3. The number of ether oxygens (including phenoxy) is 1. The van der Waals surface area contributed by atoms with Gasteiger partial charge in [0.25, 0.3) is 5.91 Å². The molecule has 0 saturated carbocycles. The number of benzene rings is 2. The van der Waals surface area contributed by atoms with Gasteiger partial charge in [-0.15, -0.1) is 0 Å². The molecule has 144 valence electrons. The predicted molar refractivity (Wildman–Crippen MR) is 110 cm³/mol. The molecular formula is C18H20BrN3O4S. The first-order valence-electron chi connectivity index (χ1n) is 8.08. The summed E-state index contributed by atoms with van der Waals surface area (Å²) in [6, 6.07) is 14.0. The van der Waals surface area contributed by atoms with E-state index in [0.717, 1.165) is 20.6 Å². The normalized spacial score (nSPS) is 11.4. The second-order valence-electron chi connectivity index (χ2n) is 5.52. The third-order valence-electron chi connectivity index (χ3n) is 3.39. The minimum absolute atomic E-state index is 0.300. The van der Waals surface area contributed by atoms with E-state index in [-0.39, 0.29) is 0 Å². The number of carbonyl (C=O) groups is 1. The van der Waals surface area contributed by atoms with Gasteiger partial charge in [0.15, 0.2) is 0 Å². The standard InChI is InChI=1S/C18H20BrN3O4S/c1-3-26-17-7-5-4-6-16(17)22(27(2,24)25)13-18(23)21-20-12-14-8-10-15(19)11-9-14/h4-12H,3,13H2,1-2H3,(H,21,23)/b20-12-. The molecule has 0 unspecified atom stereocenters. The number of anilines is 1. The van der Waals surface area contributed by atoms with Gasteiger partial charge in [-0.1, -0.05) is 40.2 Å². The van der Waals surface area contributed by atoms with Crippen LogP contribution in [0.5, 0.6) is 5.75 Å². The van der Waals surface area contributed by atoms with Gasteiger partial charge in [-0.2, -0.15) is 5.10 Å². The Morgan fingerprint density at radius 1 is 1.22 bits per heavy atom. The van der Waals surface area contributed by atoms with Crippen LogP contribution in [0, 0.1) is 0 Å². The van der Waals surface area contributed by atoms with Crippen LogP contribution in [0.2, 0.25) is 0 Å². The molecule has 0 fully saturated rings. The highest BCUT2D eigenvalue weighted by Gasteiger charge is 2.23. The molecule has 0 heterocycles. The van der Waals surface area contributed by atoms with Crippen molar-refractivity contribution in [2.45, 2.75) is 6.92 Å². The van der Waals surface area contributed by atoms with Gasteiger partial charge >= 0.3 is 0 Å². The van der Waals surface area contributed by atoms with E-state index in [1.807, 2.05) is 24.3 Å². The van der Waals surface area contributed by atoms with Gasteiger partial charge in [-0.25, -0.2) is 13.8 Å². The first kappa shape index (κ1) is 20.9. The molecule has 0 aliphatic heterocycles. The maximum absolute atomic E-state index is 12.2. The van der Waals surface area contributed by atoms with E-state index < -0.39 is 22.5 Å². The Balaban J connectivity index is 2.12. The zero-order valence-electron chi connectivity index (χ0n) is 14.9. The van der Waals surface area contributed by atoms with E-state index in [1.54, 1.807) is 31.2 Å². The second kappa shape index (κ2) is 9.52. The summed E-state index contributed by atoms with van der Waals surface area (Å²) in [4.78, 5) is 12.2. The average Bonchev–Trinajstić information content (AvgIpc) is 2.61. The van der Waals surface area contributed by atoms with Crippen molar-refractivity contribution in [3.8, 4) is 5.75 Å². The van der Waals surface area contributed by atoms with Crippen LogP contribution < -0.4 is 14.5 Å². The van der Waals surface area contributed by atoms with Crippen LogP contribution >= 0.6 is 15.9 Å². The van der Waals surface area contributed by atoms with Gasteiger partial charge in [0.1, 0.15) is 12.3 Å². The SMILES string of the molecule is CCOc1ccccc1N(CC(=O)N/N=C\c1ccc(Br)cc1)S(C)(=O)=O. The zero-order chi connectivity index (χ0) is 19.9. The second-order valence-corrected chi connectivity index (χ2v) is 8.34. The number of carbonyl (C=O) groups excluding carboxylic acids is 1. The first-order chi connectivity index (χ1) is 12.8. The molecule has 0 aromatic heterocycles. The minimum atomic E-state index is -3.70. The van der Waals surface area contributed by atoms with Crippen molar-refractivity contribution in [1.29, 1.82) is 0 Å². The van der Waals surface area contributed by atoms with Gasteiger partial charge in [-0.3, -0.25) is 9.10 Å². The molecule has 2 aromatic rings. The number of para-hydroxylation sites is 2. The largest absolute Gasteiger partial charge is 0.492 e. The van der Waals surface area contributed by atoms with Crippen molar-refractivity contribution in [3.63, 3.8) is 0 Å². The Hall–Kier alpha value is -2.39. The molecule has 0 aliphatic carbocycles. The van der Waals surface area contributed by atoms with Gasteiger partial charge in [0.05, 0.1) is 24.8 Å². The average molecular weight is 454 g/mol. The fourth-order valence-corrected chi connectivity index (χ4v) is 3.34. The van der Waals surface area contributed by atoms with E-state index in [9.17, 15) is 13.2 Å². The van der Waals surface area contributed by atoms with Gasteiger partial charge in [-0.05, 0) is 36.8 Å². The van der Waals surface area contributed by atoms with Crippen molar-refractivity contribution >= 4 is 43.8 Å².